The summed E-state index contributed by atoms with van der Waals surface area (Å²) in [4.78, 5) is 15.0. The standard InChI is InChI=1S/C10H16FN3O4/c1-10(11,6-16)8(18-5-4-15)14-3-2-7(12)13-9(14)17/h2-3,8,15-16H,4-6H2,1H3,(H2,12,13,17). The summed E-state index contributed by atoms with van der Waals surface area (Å²) in [5.74, 6) is 0.00159. The van der Waals surface area contributed by atoms with Crippen molar-refractivity contribution in [1.82, 2.24) is 9.55 Å². The van der Waals surface area contributed by atoms with Gasteiger partial charge >= 0.3 is 5.69 Å². The molecule has 0 amide bonds. The molecule has 0 saturated heterocycles. The van der Waals surface area contributed by atoms with E-state index >= 15 is 0 Å². The van der Waals surface area contributed by atoms with E-state index in [1.54, 1.807) is 0 Å². The summed E-state index contributed by atoms with van der Waals surface area (Å²) in [6.45, 7) is -0.284. The van der Waals surface area contributed by atoms with Gasteiger partial charge in [-0.25, -0.2) is 9.18 Å². The minimum Gasteiger partial charge on any atom is -0.394 e. The number of alkyl halides is 1. The second-order valence-corrected chi connectivity index (χ2v) is 3.93. The Morgan fingerprint density at radius 1 is 1.67 bits per heavy atom. The van der Waals surface area contributed by atoms with Crippen molar-refractivity contribution in [3.05, 3.63) is 22.7 Å². The highest BCUT2D eigenvalue weighted by Gasteiger charge is 2.37. The Hall–Kier alpha value is -1.51. The number of rotatable bonds is 6. The monoisotopic (exact) mass is 261 g/mol. The van der Waals surface area contributed by atoms with Crippen molar-refractivity contribution < 1.29 is 19.3 Å². The summed E-state index contributed by atoms with van der Waals surface area (Å²) in [6, 6.07) is 1.31. The summed E-state index contributed by atoms with van der Waals surface area (Å²) in [5.41, 5.74) is 2.33. The van der Waals surface area contributed by atoms with Gasteiger partial charge in [-0.15, -0.1) is 0 Å². The summed E-state index contributed by atoms with van der Waals surface area (Å²) < 4.78 is 20.0. The van der Waals surface area contributed by atoms with Gasteiger partial charge < -0.3 is 20.7 Å². The maximum Gasteiger partial charge on any atom is 0.351 e. The molecular formula is C10H16FN3O4. The quantitative estimate of drug-likeness (QED) is 0.609. The van der Waals surface area contributed by atoms with Crippen LogP contribution in [-0.4, -0.2) is 45.3 Å². The molecule has 1 aromatic rings. The molecule has 7 nitrogen and oxygen atoms in total. The summed E-state index contributed by atoms with van der Waals surface area (Å²) in [5, 5.41) is 17.7. The first-order valence-electron chi connectivity index (χ1n) is 5.29. The van der Waals surface area contributed by atoms with Gasteiger partial charge in [-0.3, -0.25) is 4.57 Å². The van der Waals surface area contributed by atoms with Crippen molar-refractivity contribution in [2.24, 2.45) is 0 Å². The minimum atomic E-state index is -2.20. The average molecular weight is 261 g/mol. The van der Waals surface area contributed by atoms with Gasteiger partial charge in [0.2, 0.25) is 0 Å². The number of nitrogens with two attached hydrogens (primary N) is 1. The number of aromatic nitrogens is 2. The molecule has 102 valence electrons. The second-order valence-electron chi connectivity index (χ2n) is 3.93. The number of aliphatic hydroxyl groups excluding tert-OH is 2. The molecule has 0 aliphatic heterocycles. The highest BCUT2D eigenvalue weighted by molar-refractivity contribution is 5.23. The van der Waals surface area contributed by atoms with Crippen molar-refractivity contribution in [1.29, 1.82) is 0 Å². The zero-order valence-corrected chi connectivity index (χ0v) is 9.91. The van der Waals surface area contributed by atoms with Crippen LogP contribution in [0.5, 0.6) is 0 Å². The molecule has 0 fully saturated rings. The molecule has 0 aromatic carbocycles. The lowest BCUT2D eigenvalue weighted by Gasteiger charge is -2.29. The second kappa shape index (κ2) is 5.89. The van der Waals surface area contributed by atoms with Crippen LogP contribution in [-0.2, 0) is 4.74 Å². The Labute approximate surface area is 103 Å². The zero-order chi connectivity index (χ0) is 13.8. The smallest absolute Gasteiger partial charge is 0.351 e. The van der Waals surface area contributed by atoms with E-state index in [1.807, 2.05) is 0 Å². The van der Waals surface area contributed by atoms with Crippen LogP contribution < -0.4 is 11.4 Å². The lowest BCUT2D eigenvalue weighted by molar-refractivity contribution is -0.124. The third-order valence-corrected chi connectivity index (χ3v) is 2.30. The van der Waals surface area contributed by atoms with Gasteiger partial charge in [0.05, 0.1) is 19.8 Å². The lowest BCUT2D eigenvalue weighted by atomic mass is 10.1. The van der Waals surface area contributed by atoms with Gasteiger partial charge in [-0.1, -0.05) is 0 Å². The van der Waals surface area contributed by atoms with Crippen LogP contribution in [0.2, 0.25) is 0 Å². The fraction of sp³-hybridized carbons (Fsp3) is 0.600. The van der Waals surface area contributed by atoms with Gasteiger partial charge in [0, 0.05) is 6.20 Å². The van der Waals surface area contributed by atoms with Crippen molar-refractivity contribution in [2.45, 2.75) is 18.8 Å². The molecule has 8 heteroatoms. The largest absolute Gasteiger partial charge is 0.394 e. The van der Waals surface area contributed by atoms with E-state index in [4.69, 9.17) is 20.7 Å². The summed E-state index contributed by atoms with van der Waals surface area (Å²) in [7, 11) is 0. The number of ether oxygens (including phenoxy) is 1. The molecule has 0 spiro atoms. The number of halogens is 1. The van der Waals surface area contributed by atoms with Crippen LogP contribution in [0.25, 0.3) is 0 Å². The molecule has 18 heavy (non-hydrogen) atoms. The molecule has 1 heterocycles. The van der Waals surface area contributed by atoms with E-state index in [0.29, 0.717) is 0 Å². The topological polar surface area (TPSA) is 111 Å². The van der Waals surface area contributed by atoms with E-state index < -0.39 is 24.2 Å². The minimum absolute atomic E-state index is 0.00159. The molecule has 2 atom stereocenters. The molecule has 0 saturated carbocycles. The van der Waals surface area contributed by atoms with Crippen molar-refractivity contribution in [2.75, 3.05) is 25.6 Å². The predicted octanol–water partition coefficient (Wildman–Crippen LogP) is -0.946. The number of nitrogen functional groups attached to an aromatic ring is 1. The zero-order valence-electron chi connectivity index (χ0n) is 9.91. The first kappa shape index (κ1) is 14.6. The van der Waals surface area contributed by atoms with E-state index in [-0.39, 0.29) is 19.0 Å². The normalized spacial score (nSPS) is 16.2. The third kappa shape index (κ3) is 3.25. The van der Waals surface area contributed by atoms with Gasteiger partial charge in [0.15, 0.2) is 11.9 Å². The lowest BCUT2D eigenvalue weighted by Crippen LogP contribution is -2.43. The van der Waals surface area contributed by atoms with Crippen molar-refractivity contribution in [3.63, 3.8) is 0 Å². The van der Waals surface area contributed by atoms with Crippen LogP contribution in [0.4, 0.5) is 10.2 Å². The Morgan fingerprint density at radius 2 is 2.33 bits per heavy atom. The molecule has 0 bridgehead atoms. The predicted molar refractivity (Wildman–Crippen MR) is 61.6 cm³/mol. The Balaban J connectivity index is 3.13. The first-order chi connectivity index (χ1) is 8.42. The Morgan fingerprint density at radius 3 is 2.83 bits per heavy atom. The number of nitrogens with zero attached hydrogens (tertiary/aromatic N) is 2. The fourth-order valence-electron chi connectivity index (χ4n) is 1.39. The molecule has 0 aliphatic carbocycles. The van der Waals surface area contributed by atoms with E-state index in [0.717, 1.165) is 11.5 Å². The molecular weight excluding hydrogens is 245 g/mol. The van der Waals surface area contributed by atoms with Gasteiger partial charge in [-0.2, -0.15) is 4.98 Å². The first-order valence-corrected chi connectivity index (χ1v) is 5.29. The summed E-state index contributed by atoms with van der Waals surface area (Å²) >= 11 is 0. The number of hydrogen-bond acceptors (Lipinski definition) is 6. The summed E-state index contributed by atoms with van der Waals surface area (Å²) in [6.07, 6.45) is -0.171. The molecule has 1 rings (SSSR count). The van der Waals surface area contributed by atoms with Crippen LogP contribution in [0.15, 0.2) is 17.1 Å². The Kier molecular flexibility index (Phi) is 4.76. The molecule has 0 radical (unpaired) electrons. The number of aliphatic hydroxyl groups is 2. The molecule has 4 N–H and O–H groups in total. The van der Waals surface area contributed by atoms with E-state index in [2.05, 4.69) is 4.98 Å². The van der Waals surface area contributed by atoms with Crippen molar-refractivity contribution in [3.8, 4) is 0 Å². The molecule has 1 aromatic heterocycles. The average Bonchev–Trinajstić information content (AvgIpc) is 2.31. The van der Waals surface area contributed by atoms with E-state index in [1.165, 1.54) is 12.3 Å². The molecule has 2 unspecified atom stereocenters. The fourth-order valence-corrected chi connectivity index (χ4v) is 1.39. The highest BCUT2D eigenvalue weighted by Crippen LogP contribution is 2.26. The molecule has 0 aliphatic rings. The highest BCUT2D eigenvalue weighted by atomic mass is 19.1. The van der Waals surface area contributed by atoms with Crippen LogP contribution in [0.1, 0.15) is 13.2 Å². The third-order valence-electron chi connectivity index (χ3n) is 2.30. The van der Waals surface area contributed by atoms with E-state index in [9.17, 15) is 9.18 Å². The van der Waals surface area contributed by atoms with Gasteiger partial charge in [0.25, 0.3) is 0 Å². The van der Waals surface area contributed by atoms with Crippen molar-refractivity contribution >= 4 is 5.82 Å². The van der Waals surface area contributed by atoms with Gasteiger partial charge in [0.1, 0.15) is 5.82 Å². The SMILES string of the molecule is CC(F)(CO)C(OCCO)n1ccc(N)nc1=O. The number of hydrogen-bond donors (Lipinski definition) is 3. The van der Waals surface area contributed by atoms with Crippen LogP contribution in [0.3, 0.4) is 0 Å². The maximum atomic E-state index is 14.1. The van der Waals surface area contributed by atoms with Crippen LogP contribution >= 0.6 is 0 Å². The van der Waals surface area contributed by atoms with Gasteiger partial charge in [-0.05, 0) is 13.0 Å². The Bertz CT molecular complexity index is 449. The van der Waals surface area contributed by atoms with Crippen LogP contribution in [0, 0.1) is 0 Å². The number of anilines is 1. The maximum absolute atomic E-state index is 14.1.